The van der Waals surface area contributed by atoms with Crippen molar-refractivity contribution in [2.24, 2.45) is 0 Å². The number of piperazine rings is 1. The molecule has 0 unspecified atom stereocenters. The van der Waals surface area contributed by atoms with Crippen molar-refractivity contribution < 1.29 is 9.59 Å². The lowest BCUT2D eigenvalue weighted by Crippen LogP contribution is -2.47. The van der Waals surface area contributed by atoms with E-state index in [2.05, 4.69) is 10.6 Å². The van der Waals surface area contributed by atoms with Crippen LogP contribution in [-0.4, -0.2) is 43.4 Å². The Bertz CT molecular complexity index is 487. The molecule has 0 spiro atoms. The third-order valence-corrected chi connectivity index (χ3v) is 3.40. The number of hydrogen-bond donors (Lipinski definition) is 2. The summed E-state index contributed by atoms with van der Waals surface area (Å²) in [5.41, 5.74) is 1.67. The molecular weight excluding hydrogens is 242 g/mol. The van der Waals surface area contributed by atoms with Crippen molar-refractivity contribution in [3.8, 4) is 0 Å². The molecule has 102 valence electrons. The van der Waals surface area contributed by atoms with Crippen molar-refractivity contribution in [1.82, 2.24) is 15.5 Å². The van der Waals surface area contributed by atoms with E-state index < -0.39 is 0 Å². The molecule has 1 aromatic carbocycles. The van der Waals surface area contributed by atoms with Crippen LogP contribution in [0, 0.1) is 0 Å². The Morgan fingerprint density at radius 2 is 2.21 bits per heavy atom. The first-order valence-electron chi connectivity index (χ1n) is 6.42. The van der Waals surface area contributed by atoms with Crippen molar-refractivity contribution in [3.63, 3.8) is 0 Å². The fourth-order valence-corrected chi connectivity index (χ4v) is 2.30. The monoisotopic (exact) mass is 261 g/mol. The van der Waals surface area contributed by atoms with Crippen LogP contribution in [0.25, 0.3) is 0 Å². The SMILES string of the molecule is CNC(=O)c1cccc([C@@H]2CN(C(C)=O)CCN2)c1. The zero-order chi connectivity index (χ0) is 13.8. The molecule has 5 nitrogen and oxygen atoms in total. The standard InChI is InChI=1S/C14H19N3O2/c1-10(18)17-7-6-16-13(9-17)11-4-3-5-12(8-11)14(19)15-2/h3-5,8,13,16H,6-7,9H2,1-2H3,(H,15,19)/t13-/m0/s1. The van der Waals surface area contributed by atoms with Gasteiger partial charge in [-0.2, -0.15) is 0 Å². The summed E-state index contributed by atoms with van der Waals surface area (Å²) in [6.07, 6.45) is 0. The number of nitrogens with one attached hydrogen (secondary N) is 2. The van der Waals surface area contributed by atoms with E-state index in [4.69, 9.17) is 0 Å². The minimum absolute atomic E-state index is 0.0854. The molecule has 1 aliphatic rings. The number of benzene rings is 1. The molecule has 19 heavy (non-hydrogen) atoms. The summed E-state index contributed by atoms with van der Waals surface area (Å²) in [6, 6.07) is 7.60. The quantitative estimate of drug-likeness (QED) is 0.817. The van der Waals surface area contributed by atoms with Crippen LogP contribution in [0.15, 0.2) is 24.3 Å². The highest BCUT2D eigenvalue weighted by Crippen LogP contribution is 2.18. The van der Waals surface area contributed by atoms with E-state index in [0.717, 1.165) is 18.7 Å². The van der Waals surface area contributed by atoms with Gasteiger partial charge in [0.1, 0.15) is 0 Å². The molecule has 0 radical (unpaired) electrons. The van der Waals surface area contributed by atoms with Crippen LogP contribution in [0.1, 0.15) is 28.9 Å². The van der Waals surface area contributed by atoms with Crippen LogP contribution in [0.4, 0.5) is 0 Å². The van der Waals surface area contributed by atoms with Gasteiger partial charge in [0, 0.05) is 45.2 Å². The van der Waals surface area contributed by atoms with Crippen LogP contribution in [0.5, 0.6) is 0 Å². The van der Waals surface area contributed by atoms with Gasteiger partial charge in [-0.3, -0.25) is 9.59 Å². The van der Waals surface area contributed by atoms with E-state index in [-0.39, 0.29) is 17.9 Å². The van der Waals surface area contributed by atoms with Gasteiger partial charge in [-0.05, 0) is 17.7 Å². The number of rotatable bonds is 2. The Morgan fingerprint density at radius 1 is 1.42 bits per heavy atom. The van der Waals surface area contributed by atoms with Gasteiger partial charge >= 0.3 is 0 Å². The summed E-state index contributed by atoms with van der Waals surface area (Å²) in [5, 5.41) is 5.99. The molecule has 0 aromatic heterocycles. The lowest BCUT2D eigenvalue weighted by atomic mass is 10.0. The summed E-state index contributed by atoms with van der Waals surface area (Å²) >= 11 is 0. The maximum atomic E-state index is 11.6. The summed E-state index contributed by atoms with van der Waals surface area (Å²) in [7, 11) is 1.62. The molecule has 0 bridgehead atoms. The van der Waals surface area contributed by atoms with Gasteiger partial charge in [0.2, 0.25) is 5.91 Å². The Balaban J connectivity index is 2.17. The highest BCUT2D eigenvalue weighted by Gasteiger charge is 2.22. The molecular formula is C14H19N3O2. The number of nitrogens with zero attached hydrogens (tertiary/aromatic N) is 1. The Labute approximate surface area is 113 Å². The molecule has 1 aromatic rings. The molecule has 1 saturated heterocycles. The van der Waals surface area contributed by atoms with Gasteiger partial charge in [-0.15, -0.1) is 0 Å². The first kappa shape index (κ1) is 13.5. The summed E-state index contributed by atoms with van der Waals surface area (Å²) in [5.74, 6) is -0.00459. The first-order valence-corrected chi connectivity index (χ1v) is 6.42. The van der Waals surface area contributed by atoms with Gasteiger partial charge in [-0.25, -0.2) is 0 Å². The number of hydrogen-bond acceptors (Lipinski definition) is 3. The van der Waals surface area contributed by atoms with Crippen molar-refractivity contribution in [1.29, 1.82) is 0 Å². The van der Waals surface area contributed by atoms with Gasteiger partial charge in [0.15, 0.2) is 0 Å². The van der Waals surface area contributed by atoms with Crippen molar-refractivity contribution >= 4 is 11.8 Å². The lowest BCUT2D eigenvalue weighted by molar-refractivity contribution is -0.130. The van der Waals surface area contributed by atoms with E-state index in [1.807, 2.05) is 23.1 Å². The molecule has 1 heterocycles. The molecule has 2 N–H and O–H groups in total. The Hall–Kier alpha value is -1.88. The minimum atomic E-state index is -0.0962. The second kappa shape index (κ2) is 5.84. The van der Waals surface area contributed by atoms with Gasteiger partial charge in [-0.1, -0.05) is 12.1 Å². The maximum Gasteiger partial charge on any atom is 0.251 e. The largest absolute Gasteiger partial charge is 0.355 e. The summed E-state index contributed by atoms with van der Waals surface area (Å²) in [6.45, 7) is 3.74. The third-order valence-electron chi connectivity index (χ3n) is 3.40. The maximum absolute atomic E-state index is 11.6. The van der Waals surface area contributed by atoms with Crippen LogP contribution in [-0.2, 0) is 4.79 Å². The zero-order valence-corrected chi connectivity index (χ0v) is 11.3. The van der Waals surface area contributed by atoms with Crippen LogP contribution < -0.4 is 10.6 Å². The number of carbonyl (C=O) groups is 2. The van der Waals surface area contributed by atoms with Gasteiger partial charge in [0.05, 0.1) is 0 Å². The molecule has 1 fully saturated rings. The average Bonchev–Trinajstić information content (AvgIpc) is 2.46. The van der Waals surface area contributed by atoms with Gasteiger partial charge in [0.25, 0.3) is 5.91 Å². The molecule has 0 saturated carbocycles. The highest BCUT2D eigenvalue weighted by atomic mass is 16.2. The molecule has 1 aliphatic heterocycles. The van der Waals surface area contributed by atoms with E-state index in [1.54, 1.807) is 20.0 Å². The normalized spacial score (nSPS) is 19.1. The minimum Gasteiger partial charge on any atom is -0.355 e. The summed E-state index contributed by atoms with van der Waals surface area (Å²) < 4.78 is 0. The molecule has 2 rings (SSSR count). The predicted octanol–water partition coefficient (Wildman–Crippen LogP) is 0.539. The molecule has 2 amide bonds. The Kier molecular flexibility index (Phi) is 4.16. The first-order chi connectivity index (χ1) is 9.11. The fourth-order valence-electron chi connectivity index (χ4n) is 2.30. The molecule has 0 aliphatic carbocycles. The molecule has 5 heteroatoms. The fraction of sp³-hybridized carbons (Fsp3) is 0.429. The smallest absolute Gasteiger partial charge is 0.251 e. The van der Waals surface area contributed by atoms with E-state index in [1.165, 1.54) is 0 Å². The van der Waals surface area contributed by atoms with Crippen molar-refractivity contribution in [3.05, 3.63) is 35.4 Å². The Morgan fingerprint density at radius 3 is 2.89 bits per heavy atom. The van der Waals surface area contributed by atoms with Crippen LogP contribution >= 0.6 is 0 Å². The second-order valence-electron chi connectivity index (χ2n) is 4.68. The second-order valence-corrected chi connectivity index (χ2v) is 4.68. The van der Waals surface area contributed by atoms with Crippen molar-refractivity contribution in [2.45, 2.75) is 13.0 Å². The van der Waals surface area contributed by atoms with E-state index >= 15 is 0 Å². The van der Waals surface area contributed by atoms with E-state index in [0.29, 0.717) is 12.1 Å². The highest BCUT2D eigenvalue weighted by molar-refractivity contribution is 5.94. The predicted molar refractivity (Wildman–Crippen MR) is 72.8 cm³/mol. The topological polar surface area (TPSA) is 61.4 Å². The number of amides is 2. The van der Waals surface area contributed by atoms with Crippen molar-refractivity contribution in [2.75, 3.05) is 26.7 Å². The number of carbonyl (C=O) groups excluding carboxylic acids is 2. The van der Waals surface area contributed by atoms with Crippen LogP contribution in [0.2, 0.25) is 0 Å². The average molecular weight is 261 g/mol. The third kappa shape index (κ3) is 3.12. The molecule has 1 atom stereocenters. The summed E-state index contributed by atoms with van der Waals surface area (Å²) in [4.78, 5) is 24.9. The van der Waals surface area contributed by atoms with Crippen LogP contribution in [0.3, 0.4) is 0 Å². The lowest BCUT2D eigenvalue weighted by Gasteiger charge is -2.33. The zero-order valence-electron chi connectivity index (χ0n) is 11.3. The van der Waals surface area contributed by atoms with Gasteiger partial charge < -0.3 is 15.5 Å². The van der Waals surface area contributed by atoms with E-state index in [9.17, 15) is 9.59 Å².